The van der Waals surface area contributed by atoms with E-state index in [1.807, 2.05) is 0 Å². The van der Waals surface area contributed by atoms with Gasteiger partial charge >= 0.3 is 0 Å². The summed E-state index contributed by atoms with van der Waals surface area (Å²) in [7, 11) is 0. The number of para-hydroxylation sites is 1. The molecule has 164 valence electrons. The number of carbonyl (C=O) groups excluding carboxylic acids is 1. The van der Waals surface area contributed by atoms with Crippen molar-refractivity contribution in [3.63, 3.8) is 0 Å². The highest BCUT2D eigenvalue weighted by Crippen LogP contribution is 2.32. The minimum atomic E-state index is -0.464. The molecule has 11 heteroatoms. The molecular weight excluding hydrogens is 480 g/mol. The Balaban J connectivity index is 1.37. The third-order valence-electron chi connectivity index (χ3n) is 4.40. The third-order valence-corrected chi connectivity index (χ3v) is 5.35. The second-order valence-corrected chi connectivity index (χ2v) is 7.84. The van der Waals surface area contributed by atoms with Crippen LogP contribution in [0.1, 0.15) is 16.1 Å². The lowest BCUT2D eigenvalue weighted by molar-refractivity contribution is 0.101. The Morgan fingerprint density at radius 3 is 2.38 bits per heavy atom. The van der Waals surface area contributed by atoms with Gasteiger partial charge in [-0.25, -0.2) is 9.07 Å². The molecule has 0 saturated carbocycles. The van der Waals surface area contributed by atoms with Gasteiger partial charge in [0.05, 0.1) is 16.6 Å². The van der Waals surface area contributed by atoms with Crippen molar-refractivity contribution in [1.82, 2.24) is 19.6 Å². The largest absolute Gasteiger partial charge is 0.468 e. The van der Waals surface area contributed by atoms with Gasteiger partial charge in [0.15, 0.2) is 24.0 Å². The number of nitrogens with zero attached hydrogens (tertiary/aromatic N) is 4. The standard InChI is InChI=1S/C21H15Cl3FN5O2/c22-14-3-2-6-17(25)13(14)11-29-10-8-19(28-29)26-21(31)18-7-9-30(27-18)12-32-20-15(23)4-1-5-16(20)24/h1-10H,11-12H2,(H,26,28,31). The highest BCUT2D eigenvalue weighted by atomic mass is 35.5. The van der Waals surface area contributed by atoms with Gasteiger partial charge in [-0.1, -0.05) is 46.9 Å². The molecular formula is C21H15Cl3FN5O2. The van der Waals surface area contributed by atoms with Crippen LogP contribution in [0.25, 0.3) is 0 Å². The average Bonchev–Trinajstić information content (AvgIpc) is 3.40. The van der Waals surface area contributed by atoms with Crippen LogP contribution in [0.15, 0.2) is 60.9 Å². The molecule has 2 heterocycles. The average molecular weight is 495 g/mol. The van der Waals surface area contributed by atoms with E-state index >= 15 is 0 Å². The third kappa shape index (κ3) is 5.04. The van der Waals surface area contributed by atoms with Gasteiger partial charge in [-0.2, -0.15) is 10.2 Å². The lowest BCUT2D eigenvalue weighted by atomic mass is 10.2. The first-order valence-electron chi connectivity index (χ1n) is 9.28. The second-order valence-electron chi connectivity index (χ2n) is 6.62. The predicted molar refractivity (Wildman–Crippen MR) is 120 cm³/mol. The monoisotopic (exact) mass is 493 g/mol. The fourth-order valence-corrected chi connectivity index (χ4v) is 3.58. The molecule has 0 atom stereocenters. The summed E-state index contributed by atoms with van der Waals surface area (Å²) >= 11 is 18.2. The van der Waals surface area contributed by atoms with E-state index in [0.29, 0.717) is 26.4 Å². The molecule has 2 aromatic carbocycles. The number of amides is 1. The number of hydrogen-bond donors (Lipinski definition) is 1. The lowest BCUT2D eigenvalue weighted by Crippen LogP contribution is -2.15. The van der Waals surface area contributed by atoms with Crippen molar-refractivity contribution in [2.45, 2.75) is 13.3 Å². The molecule has 0 radical (unpaired) electrons. The number of carbonyl (C=O) groups is 1. The van der Waals surface area contributed by atoms with Gasteiger partial charge in [0.1, 0.15) is 5.82 Å². The van der Waals surface area contributed by atoms with Crippen molar-refractivity contribution >= 4 is 46.5 Å². The Morgan fingerprint density at radius 1 is 0.938 bits per heavy atom. The van der Waals surface area contributed by atoms with Gasteiger partial charge in [-0.15, -0.1) is 0 Å². The topological polar surface area (TPSA) is 74.0 Å². The second kappa shape index (κ2) is 9.60. The molecule has 0 aliphatic carbocycles. The molecule has 32 heavy (non-hydrogen) atoms. The molecule has 4 rings (SSSR count). The van der Waals surface area contributed by atoms with Crippen molar-refractivity contribution in [3.05, 3.63) is 93.1 Å². The smallest absolute Gasteiger partial charge is 0.277 e. The van der Waals surface area contributed by atoms with Crippen molar-refractivity contribution in [2.75, 3.05) is 5.32 Å². The van der Waals surface area contributed by atoms with Gasteiger partial charge in [-0.3, -0.25) is 9.48 Å². The molecule has 0 bridgehead atoms. The van der Waals surface area contributed by atoms with Crippen LogP contribution in [0, 0.1) is 5.82 Å². The van der Waals surface area contributed by atoms with E-state index in [2.05, 4.69) is 15.5 Å². The zero-order valence-corrected chi connectivity index (χ0v) is 18.6. The van der Waals surface area contributed by atoms with Crippen molar-refractivity contribution in [1.29, 1.82) is 0 Å². The minimum Gasteiger partial charge on any atom is -0.468 e. The Bertz CT molecular complexity index is 1230. The molecule has 1 amide bonds. The quantitative estimate of drug-likeness (QED) is 0.367. The Morgan fingerprint density at radius 2 is 1.62 bits per heavy atom. The van der Waals surface area contributed by atoms with Crippen LogP contribution < -0.4 is 10.1 Å². The summed E-state index contributed by atoms with van der Waals surface area (Å²) in [4.78, 5) is 12.5. The zero-order valence-electron chi connectivity index (χ0n) is 16.3. The van der Waals surface area contributed by atoms with E-state index in [-0.39, 0.29) is 24.8 Å². The van der Waals surface area contributed by atoms with Gasteiger partial charge in [0.2, 0.25) is 0 Å². The number of ether oxygens (including phenoxy) is 1. The highest BCUT2D eigenvalue weighted by molar-refractivity contribution is 6.37. The van der Waals surface area contributed by atoms with E-state index in [1.165, 1.54) is 27.6 Å². The zero-order chi connectivity index (χ0) is 22.7. The lowest BCUT2D eigenvalue weighted by Gasteiger charge is -2.09. The molecule has 4 aromatic rings. The first-order chi connectivity index (χ1) is 15.4. The number of halogens is 4. The molecule has 1 N–H and O–H groups in total. The molecule has 0 saturated heterocycles. The maximum absolute atomic E-state index is 14.0. The minimum absolute atomic E-state index is 0.00869. The van der Waals surface area contributed by atoms with Gasteiger partial charge in [0, 0.05) is 29.0 Å². The van der Waals surface area contributed by atoms with Crippen molar-refractivity contribution in [3.8, 4) is 5.75 Å². The maximum atomic E-state index is 14.0. The summed E-state index contributed by atoms with van der Waals surface area (Å²) in [5, 5.41) is 12.1. The fraction of sp³-hybridized carbons (Fsp3) is 0.0952. The Kier molecular flexibility index (Phi) is 6.64. The van der Waals surface area contributed by atoms with Crippen molar-refractivity contribution < 1.29 is 13.9 Å². The number of aromatic nitrogens is 4. The van der Waals surface area contributed by atoms with Gasteiger partial charge < -0.3 is 10.1 Å². The number of benzene rings is 2. The summed E-state index contributed by atoms with van der Waals surface area (Å²) < 4.78 is 22.4. The van der Waals surface area contributed by atoms with E-state index in [4.69, 9.17) is 39.5 Å². The number of hydrogen-bond acceptors (Lipinski definition) is 4. The normalized spacial score (nSPS) is 10.9. The molecule has 0 fully saturated rings. The van der Waals surface area contributed by atoms with Gasteiger partial charge in [-0.05, 0) is 30.3 Å². The SMILES string of the molecule is O=C(Nc1ccn(Cc2c(F)cccc2Cl)n1)c1ccn(COc2c(Cl)cccc2Cl)n1. The van der Waals surface area contributed by atoms with E-state index < -0.39 is 11.7 Å². The van der Waals surface area contributed by atoms with Crippen LogP contribution in [0.4, 0.5) is 10.2 Å². The van der Waals surface area contributed by atoms with Crippen LogP contribution in [0.2, 0.25) is 15.1 Å². The molecule has 0 aliphatic rings. The molecule has 0 aliphatic heterocycles. The van der Waals surface area contributed by atoms with Crippen LogP contribution in [-0.4, -0.2) is 25.5 Å². The number of nitrogens with one attached hydrogen (secondary N) is 1. The van der Waals surface area contributed by atoms with E-state index in [9.17, 15) is 9.18 Å². The number of anilines is 1. The van der Waals surface area contributed by atoms with Crippen LogP contribution >= 0.6 is 34.8 Å². The van der Waals surface area contributed by atoms with Crippen LogP contribution in [-0.2, 0) is 13.3 Å². The maximum Gasteiger partial charge on any atom is 0.277 e. The summed E-state index contributed by atoms with van der Waals surface area (Å²) in [6, 6.07) is 12.6. The fourth-order valence-electron chi connectivity index (χ4n) is 2.85. The Hall–Kier alpha value is -3.07. The van der Waals surface area contributed by atoms with Gasteiger partial charge in [0.25, 0.3) is 5.91 Å². The molecule has 2 aromatic heterocycles. The van der Waals surface area contributed by atoms with Crippen LogP contribution in [0.3, 0.4) is 0 Å². The summed E-state index contributed by atoms with van der Waals surface area (Å²) in [5.74, 6) is -0.271. The van der Waals surface area contributed by atoms with Crippen molar-refractivity contribution in [2.24, 2.45) is 0 Å². The molecule has 0 unspecified atom stereocenters. The van der Waals surface area contributed by atoms with E-state index in [0.717, 1.165) is 0 Å². The molecule has 0 spiro atoms. The summed E-state index contributed by atoms with van der Waals surface area (Å²) in [6.07, 6.45) is 3.19. The Labute approximate surface area is 197 Å². The summed E-state index contributed by atoms with van der Waals surface area (Å²) in [5.41, 5.74) is 0.470. The molecule has 7 nitrogen and oxygen atoms in total. The predicted octanol–water partition coefficient (Wildman–Crippen LogP) is 5.52. The highest BCUT2D eigenvalue weighted by Gasteiger charge is 2.14. The van der Waals surface area contributed by atoms with E-state index in [1.54, 1.807) is 42.7 Å². The number of rotatable bonds is 7. The van der Waals surface area contributed by atoms with Crippen LogP contribution in [0.5, 0.6) is 5.75 Å². The first-order valence-corrected chi connectivity index (χ1v) is 10.4. The summed E-state index contributed by atoms with van der Waals surface area (Å²) in [6.45, 7) is 0.132. The first kappa shape index (κ1) is 22.1.